The van der Waals surface area contributed by atoms with Crippen LogP contribution in [0.1, 0.15) is 11.1 Å². The molecule has 0 atom stereocenters. The van der Waals surface area contributed by atoms with Crippen molar-refractivity contribution in [3.05, 3.63) is 45.7 Å². The number of H-pyrrole nitrogens is 1. The minimum Gasteiger partial charge on any atom is -0.469 e. The Morgan fingerprint density at radius 2 is 2.06 bits per heavy atom. The van der Waals surface area contributed by atoms with Gasteiger partial charge in [-0.05, 0) is 18.6 Å². The molecule has 0 amide bonds. The molecule has 0 aliphatic rings. The number of para-hydroxylation sites is 1. The molecule has 0 aliphatic carbocycles. The molecule has 2 aromatic rings. The highest BCUT2D eigenvalue weighted by molar-refractivity contribution is 5.84. The zero-order chi connectivity index (χ0) is 12.4. The van der Waals surface area contributed by atoms with Gasteiger partial charge in [0.25, 0.3) is 5.56 Å². The Kier molecular flexibility index (Phi) is 2.95. The van der Waals surface area contributed by atoms with Crippen molar-refractivity contribution in [1.82, 2.24) is 4.98 Å². The summed E-state index contributed by atoms with van der Waals surface area (Å²) >= 11 is 0. The number of rotatable bonds is 2. The number of esters is 1. The van der Waals surface area contributed by atoms with Crippen molar-refractivity contribution in [2.24, 2.45) is 0 Å². The minimum atomic E-state index is -0.408. The van der Waals surface area contributed by atoms with Crippen molar-refractivity contribution in [3.8, 4) is 0 Å². The smallest absolute Gasteiger partial charge is 0.310 e. The fraction of sp³-hybridized carbons (Fsp3) is 0.231. The number of carbonyl (C=O) groups is 1. The molecular formula is C13H13NO3. The Morgan fingerprint density at radius 3 is 2.76 bits per heavy atom. The number of nitrogens with one attached hydrogen (secondary N) is 1. The summed E-state index contributed by atoms with van der Waals surface area (Å²) in [6.07, 6.45) is 0.00248. The van der Waals surface area contributed by atoms with E-state index in [1.54, 1.807) is 0 Å². The van der Waals surface area contributed by atoms with Crippen LogP contribution in [-0.4, -0.2) is 18.1 Å². The summed E-state index contributed by atoms with van der Waals surface area (Å²) in [5, 5.41) is 0.950. The van der Waals surface area contributed by atoms with Crippen LogP contribution in [0, 0.1) is 6.92 Å². The quantitative estimate of drug-likeness (QED) is 0.798. The van der Waals surface area contributed by atoms with Gasteiger partial charge in [0.2, 0.25) is 0 Å². The van der Waals surface area contributed by atoms with Crippen molar-refractivity contribution in [3.63, 3.8) is 0 Å². The Balaban J connectivity index is 2.64. The van der Waals surface area contributed by atoms with Gasteiger partial charge in [0, 0.05) is 16.5 Å². The molecule has 0 spiro atoms. The lowest BCUT2D eigenvalue weighted by Crippen LogP contribution is -2.19. The van der Waals surface area contributed by atoms with Gasteiger partial charge < -0.3 is 9.72 Å². The molecule has 1 aromatic carbocycles. The summed E-state index contributed by atoms with van der Waals surface area (Å²) in [5.74, 6) is -0.408. The molecule has 88 valence electrons. The summed E-state index contributed by atoms with van der Waals surface area (Å²) in [6, 6.07) is 7.51. The number of methoxy groups -OCH3 is 1. The number of benzene rings is 1. The van der Waals surface area contributed by atoms with Gasteiger partial charge in [-0.15, -0.1) is 0 Å². The molecule has 0 unspecified atom stereocenters. The first-order valence-corrected chi connectivity index (χ1v) is 5.31. The second kappa shape index (κ2) is 4.41. The molecule has 0 bridgehead atoms. The maximum atomic E-state index is 11.8. The van der Waals surface area contributed by atoms with Crippen molar-refractivity contribution in [2.45, 2.75) is 13.3 Å². The van der Waals surface area contributed by atoms with E-state index < -0.39 is 5.97 Å². The minimum absolute atomic E-state index is 0.00248. The zero-order valence-electron chi connectivity index (χ0n) is 9.74. The summed E-state index contributed by atoms with van der Waals surface area (Å²) < 4.78 is 4.58. The second-order valence-corrected chi connectivity index (χ2v) is 3.86. The molecule has 0 radical (unpaired) electrons. The highest BCUT2D eigenvalue weighted by atomic mass is 16.5. The monoisotopic (exact) mass is 231 g/mol. The van der Waals surface area contributed by atoms with Crippen LogP contribution in [0.25, 0.3) is 10.9 Å². The van der Waals surface area contributed by atoms with E-state index >= 15 is 0 Å². The third kappa shape index (κ3) is 2.06. The van der Waals surface area contributed by atoms with E-state index in [1.165, 1.54) is 7.11 Å². The Morgan fingerprint density at radius 1 is 1.35 bits per heavy atom. The van der Waals surface area contributed by atoms with Crippen LogP contribution in [0.4, 0.5) is 0 Å². The maximum absolute atomic E-state index is 11.8. The standard InChI is InChI=1S/C13H13NO3/c1-8-9-5-3-4-6-11(9)14-13(16)10(8)7-12(15)17-2/h3-6H,7H2,1-2H3,(H,14,16). The van der Waals surface area contributed by atoms with Gasteiger partial charge in [-0.25, -0.2) is 0 Å². The van der Waals surface area contributed by atoms with Crippen LogP contribution in [-0.2, 0) is 16.0 Å². The molecule has 1 aromatic heterocycles. The topological polar surface area (TPSA) is 59.2 Å². The van der Waals surface area contributed by atoms with Crippen LogP contribution in [0.15, 0.2) is 29.1 Å². The fourth-order valence-corrected chi connectivity index (χ4v) is 1.88. The molecule has 4 heteroatoms. The van der Waals surface area contributed by atoms with E-state index in [9.17, 15) is 9.59 Å². The second-order valence-electron chi connectivity index (χ2n) is 3.86. The number of hydrogen-bond donors (Lipinski definition) is 1. The third-order valence-electron chi connectivity index (χ3n) is 2.85. The molecule has 4 nitrogen and oxygen atoms in total. The van der Waals surface area contributed by atoms with Crippen molar-refractivity contribution in [1.29, 1.82) is 0 Å². The van der Waals surface area contributed by atoms with Crippen LogP contribution in [0.2, 0.25) is 0 Å². The normalized spacial score (nSPS) is 10.5. The number of fused-ring (bicyclic) bond motifs is 1. The number of ether oxygens (including phenoxy) is 1. The van der Waals surface area contributed by atoms with E-state index in [0.29, 0.717) is 5.56 Å². The molecule has 2 rings (SSSR count). The largest absolute Gasteiger partial charge is 0.469 e. The predicted octanol–water partition coefficient (Wildman–Crippen LogP) is 1.55. The van der Waals surface area contributed by atoms with Gasteiger partial charge in [-0.3, -0.25) is 9.59 Å². The highest BCUT2D eigenvalue weighted by Crippen LogP contribution is 2.17. The van der Waals surface area contributed by atoms with E-state index in [1.807, 2.05) is 31.2 Å². The number of carbonyl (C=O) groups excluding carboxylic acids is 1. The van der Waals surface area contributed by atoms with E-state index in [0.717, 1.165) is 16.5 Å². The Labute approximate surface area is 98.2 Å². The van der Waals surface area contributed by atoms with E-state index in [2.05, 4.69) is 9.72 Å². The lowest BCUT2D eigenvalue weighted by atomic mass is 10.0. The van der Waals surface area contributed by atoms with Gasteiger partial charge in [-0.2, -0.15) is 0 Å². The van der Waals surface area contributed by atoms with Gasteiger partial charge in [0.1, 0.15) is 0 Å². The highest BCUT2D eigenvalue weighted by Gasteiger charge is 2.12. The summed E-state index contributed by atoms with van der Waals surface area (Å²) in [4.78, 5) is 25.9. The molecule has 0 saturated carbocycles. The first-order valence-electron chi connectivity index (χ1n) is 5.31. The Bertz CT molecular complexity index is 628. The van der Waals surface area contributed by atoms with Crippen molar-refractivity contribution < 1.29 is 9.53 Å². The van der Waals surface area contributed by atoms with E-state index in [-0.39, 0.29) is 12.0 Å². The molecule has 0 aliphatic heterocycles. The van der Waals surface area contributed by atoms with Gasteiger partial charge in [0.05, 0.1) is 13.5 Å². The summed E-state index contributed by atoms with van der Waals surface area (Å²) in [6.45, 7) is 1.84. The van der Waals surface area contributed by atoms with Crippen molar-refractivity contribution in [2.75, 3.05) is 7.11 Å². The van der Waals surface area contributed by atoms with Crippen molar-refractivity contribution >= 4 is 16.9 Å². The number of aromatic nitrogens is 1. The summed E-state index contributed by atoms with van der Waals surface area (Å²) in [7, 11) is 1.31. The first-order chi connectivity index (χ1) is 8.13. The first kappa shape index (κ1) is 11.4. The average Bonchev–Trinajstić information content (AvgIpc) is 2.34. The van der Waals surface area contributed by atoms with Crippen LogP contribution in [0.3, 0.4) is 0 Å². The number of aryl methyl sites for hydroxylation is 1. The molecule has 1 N–H and O–H groups in total. The van der Waals surface area contributed by atoms with E-state index in [4.69, 9.17) is 0 Å². The van der Waals surface area contributed by atoms with Crippen LogP contribution in [0.5, 0.6) is 0 Å². The SMILES string of the molecule is COC(=O)Cc1c(C)c2ccccc2[nH]c1=O. The number of hydrogen-bond acceptors (Lipinski definition) is 3. The van der Waals surface area contributed by atoms with Gasteiger partial charge in [-0.1, -0.05) is 18.2 Å². The molecule has 0 saturated heterocycles. The lowest BCUT2D eigenvalue weighted by molar-refractivity contribution is -0.139. The average molecular weight is 231 g/mol. The van der Waals surface area contributed by atoms with Gasteiger partial charge in [0.15, 0.2) is 0 Å². The number of pyridine rings is 1. The zero-order valence-corrected chi connectivity index (χ0v) is 9.74. The maximum Gasteiger partial charge on any atom is 0.310 e. The molecule has 0 fully saturated rings. The summed E-state index contributed by atoms with van der Waals surface area (Å²) in [5.41, 5.74) is 1.85. The Hall–Kier alpha value is -2.10. The predicted molar refractivity (Wildman–Crippen MR) is 65.0 cm³/mol. The molecule has 1 heterocycles. The lowest BCUT2D eigenvalue weighted by Gasteiger charge is -2.07. The molecule has 17 heavy (non-hydrogen) atoms. The number of aromatic amines is 1. The van der Waals surface area contributed by atoms with Crippen LogP contribution >= 0.6 is 0 Å². The third-order valence-corrected chi connectivity index (χ3v) is 2.85. The van der Waals surface area contributed by atoms with Gasteiger partial charge >= 0.3 is 5.97 Å². The van der Waals surface area contributed by atoms with Crippen LogP contribution < -0.4 is 5.56 Å². The molecular weight excluding hydrogens is 218 g/mol. The fourth-order valence-electron chi connectivity index (χ4n) is 1.88.